The molecule has 560 valence electrons. The van der Waals surface area contributed by atoms with E-state index in [1.807, 2.05) is 48.1 Å². The molecule has 0 unspecified atom stereocenters. The zero-order valence-electron chi connectivity index (χ0n) is 57.1. The predicted molar refractivity (Wildman–Crippen MR) is 383 cm³/mol. The van der Waals surface area contributed by atoms with Crippen LogP contribution in [0.2, 0.25) is 0 Å². The Hall–Kier alpha value is -5.83. The van der Waals surface area contributed by atoms with Crippen LogP contribution in [0.15, 0.2) is 11.6 Å². The van der Waals surface area contributed by atoms with Crippen molar-refractivity contribution in [2.24, 2.45) is 40.7 Å². The molecule has 1 saturated carbocycles. The van der Waals surface area contributed by atoms with Crippen molar-refractivity contribution in [1.82, 2.24) is 49.4 Å². The Bertz CT molecular complexity index is 2850. The zero-order valence-corrected chi connectivity index (χ0v) is 58.7. The molecule has 10 rings (SSSR count). The van der Waals surface area contributed by atoms with Crippen molar-refractivity contribution in [3.05, 3.63) is 11.6 Å². The van der Waals surface area contributed by atoms with E-state index >= 15 is 0 Å². The number of nitrogens with two attached hydrogens (primary N) is 1. The number of hydrogen-bond acceptors (Lipinski definition) is 15. The Balaban J connectivity index is 0.000000336. The highest BCUT2D eigenvalue weighted by atomic mass is 32.2. The molecule has 98 heavy (non-hydrogen) atoms. The molecule has 9 heterocycles. The van der Waals surface area contributed by atoms with E-state index in [9.17, 15) is 61.2 Å². The highest BCUT2D eigenvalue weighted by molar-refractivity contribution is 7.98. The van der Waals surface area contributed by atoms with Crippen LogP contribution in [0.25, 0.3) is 0 Å². The number of unbranched alkanes of at least 4 members (excludes halogenated alkanes) is 1. The van der Waals surface area contributed by atoms with Crippen molar-refractivity contribution in [3.8, 4) is 0 Å². The van der Waals surface area contributed by atoms with E-state index in [4.69, 9.17) is 10.8 Å². The van der Waals surface area contributed by atoms with Crippen molar-refractivity contribution in [1.29, 1.82) is 0 Å². The Kier molecular flexibility index (Phi) is 35.2. The Morgan fingerprint density at radius 3 is 1.46 bits per heavy atom. The molecule has 0 aromatic carbocycles. The number of fused-ring (bicyclic) bond motifs is 4. The van der Waals surface area contributed by atoms with E-state index in [2.05, 4.69) is 32.3 Å². The summed E-state index contributed by atoms with van der Waals surface area (Å²) in [5.41, 5.74) is 5.54. The fourth-order valence-corrected chi connectivity index (χ4v) is 16.6. The number of carbonyl (C=O) groups excluding carboxylic acids is 11. The van der Waals surface area contributed by atoms with Crippen LogP contribution in [0.3, 0.4) is 0 Å². The van der Waals surface area contributed by atoms with Gasteiger partial charge in [0.25, 0.3) is 5.91 Å². The van der Waals surface area contributed by atoms with E-state index in [1.54, 1.807) is 22.7 Å². The minimum absolute atomic E-state index is 0. The lowest BCUT2D eigenvalue weighted by Gasteiger charge is -2.47. The van der Waals surface area contributed by atoms with E-state index in [-0.39, 0.29) is 138 Å². The number of hydrogen-bond donors (Lipinski definition) is 3. The minimum Gasteiger partial charge on any atom is -0.396 e. The number of primary amides is 1. The normalized spacial score (nSPS) is 25.4. The van der Waals surface area contributed by atoms with Gasteiger partial charge < -0.3 is 55.4 Å². The molecule has 0 aromatic rings. The number of sulfone groups is 1. The molecular weight excluding hydrogens is 1290 g/mol. The van der Waals surface area contributed by atoms with Gasteiger partial charge in [0.1, 0.15) is 21.8 Å². The molecule has 9 aliphatic heterocycles. The number of aliphatic hydroxyl groups is 1. The van der Waals surface area contributed by atoms with Gasteiger partial charge in [-0.15, -0.1) is 0 Å². The predicted octanol–water partition coefficient (Wildman–Crippen LogP) is 6.05. The maximum atomic E-state index is 12.7. The van der Waals surface area contributed by atoms with Gasteiger partial charge in [-0.3, -0.25) is 52.8 Å². The Labute approximate surface area is 591 Å². The SMILES string of the molecule is C.C.C.C.CC(C)=CC(=O)N1CC[C@H]2[C@@H](CCC(=O)N2CCCO)C1.CC(C)CN1C(=O)CC[C@@H]2CN(C(=O)CCCS(C)(=O)=O)CC[C@@H]21.CCCCN1C(=O)CC[C@@H]2CN(C(=O)CN3C(=O)CNC3=O)CC[C@@H]21.CSCCCN1C(=O)CC[C@@H]2CN(C(=O)C3(C(N)=O)CC3)CC[C@@H]21. The summed E-state index contributed by atoms with van der Waals surface area (Å²) in [7, 11) is -3.01. The number of piperidine rings is 8. The van der Waals surface area contributed by atoms with Crippen LogP contribution >= 0.6 is 11.8 Å². The van der Waals surface area contributed by atoms with Crippen LogP contribution in [-0.4, -0.2) is 269 Å². The van der Waals surface area contributed by atoms with Gasteiger partial charge in [-0.25, -0.2) is 13.2 Å². The first-order valence-electron chi connectivity index (χ1n) is 34.8. The van der Waals surface area contributed by atoms with Crippen LogP contribution < -0.4 is 11.1 Å². The van der Waals surface area contributed by atoms with Gasteiger partial charge in [0.2, 0.25) is 53.2 Å². The fourth-order valence-electron chi connectivity index (χ4n) is 15.5. The molecule has 27 heteroatoms. The molecule has 1 aliphatic carbocycles. The molecule has 8 atom stereocenters. The number of nitrogens with zero attached hydrogens (tertiary/aromatic N) is 9. The smallest absolute Gasteiger partial charge is 0.325 e. The molecule has 10 fully saturated rings. The second-order valence-corrected chi connectivity index (χ2v) is 31.6. The highest BCUT2D eigenvalue weighted by Crippen LogP contribution is 2.48. The highest BCUT2D eigenvalue weighted by Gasteiger charge is 2.58. The first-order chi connectivity index (χ1) is 44.7. The summed E-state index contributed by atoms with van der Waals surface area (Å²) in [6, 6.07) is 0.471. The number of amides is 12. The second-order valence-electron chi connectivity index (χ2n) is 28.4. The molecule has 10 aliphatic rings. The lowest BCUT2D eigenvalue weighted by atomic mass is 9.83. The van der Waals surface area contributed by atoms with Crippen molar-refractivity contribution in [2.75, 3.05) is 122 Å². The van der Waals surface area contributed by atoms with Crippen molar-refractivity contribution in [2.45, 2.75) is 217 Å². The molecule has 25 nitrogen and oxygen atoms in total. The monoisotopic (exact) mass is 1420 g/mol. The number of nitrogens with one attached hydrogen (secondary N) is 1. The van der Waals surface area contributed by atoms with Crippen LogP contribution in [-0.2, 0) is 57.8 Å². The van der Waals surface area contributed by atoms with Gasteiger partial charge in [0.05, 0.1) is 12.3 Å². The molecule has 4 N–H and O–H groups in total. The average Bonchev–Trinajstić information content (AvgIpc) is 1.58. The lowest BCUT2D eigenvalue weighted by Crippen LogP contribution is -2.58. The van der Waals surface area contributed by atoms with E-state index < -0.39 is 27.2 Å². The third-order valence-electron chi connectivity index (χ3n) is 20.7. The van der Waals surface area contributed by atoms with Gasteiger partial charge in [-0.05, 0) is 145 Å². The van der Waals surface area contributed by atoms with Crippen LogP contribution in [0, 0.1) is 35.0 Å². The number of allylic oxidation sites excluding steroid dienone is 1. The summed E-state index contributed by atoms with van der Waals surface area (Å²) in [5, 5.41) is 11.4. The van der Waals surface area contributed by atoms with E-state index in [0.717, 1.165) is 113 Å². The number of imide groups is 1. The molecule has 9 saturated heterocycles. The van der Waals surface area contributed by atoms with Gasteiger partial charge in [0.15, 0.2) is 0 Å². The van der Waals surface area contributed by atoms with Crippen LogP contribution in [0.5, 0.6) is 0 Å². The summed E-state index contributed by atoms with van der Waals surface area (Å²) in [6.07, 6.45) is 19.4. The van der Waals surface area contributed by atoms with E-state index in [0.29, 0.717) is 134 Å². The minimum atomic E-state index is -3.01. The largest absolute Gasteiger partial charge is 0.396 e. The summed E-state index contributed by atoms with van der Waals surface area (Å²) >= 11 is 1.80. The van der Waals surface area contributed by atoms with Gasteiger partial charge in [0, 0.05) is 154 Å². The Morgan fingerprint density at radius 2 is 1.04 bits per heavy atom. The quantitative estimate of drug-likeness (QED) is 0.0510. The third-order valence-corrected chi connectivity index (χ3v) is 22.4. The zero-order chi connectivity index (χ0) is 68.6. The topological polar surface area (TPSA) is 309 Å². The summed E-state index contributed by atoms with van der Waals surface area (Å²) in [4.78, 5) is 150. The number of likely N-dealkylation sites (tertiary alicyclic amines) is 8. The van der Waals surface area contributed by atoms with Crippen molar-refractivity contribution < 1.29 is 66.3 Å². The number of aliphatic hydroxyl groups excluding tert-OH is 1. The molecule has 0 spiro atoms. The maximum absolute atomic E-state index is 12.7. The number of rotatable bonds is 21. The van der Waals surface area contributed by atoms with E-state index in [1.165, 1.54) is 6.26 Å². The maximum Gasteiger partial charge on any atom is 0.325 e. The molecule has 0 bridgehead atoms. The molecule has 12 amide bonds. The summed E-state index contributed by atoms with van der Waals surface area (Å²) in [6.45, 7) is 18.4. The number of thioether (sulfide) groups is 1. The van der Waals surface area contributed by atoms with Gasteiger partial charge >= 0.3 is 6.03 Å². The summed E-state index contributed by atoms with van der Waals surface area (Å²) < 4.78 is 22.3. The van der Waals surface area contributed by atoms with Crippen LogP contribution in [0.1, 0.15) is 193 Å². The van der Waals surface area contributed by atoms with Crippen LogP contribution in [0.4, 0.5) is 4.79 Å². The van der Waals surface area contributed by atoms with Gasteiger partial charge in [-0.2, -0.15) is 11.8 Å². The molecule has 0 aromatic heterocycles. The first kappa shape index (κ1) is 86.4. The second kappa shape index (κ2) is 40.0. The lowest BCUT2D eigenvalue weighted by molar-refractivity contribution is -0.149. The van der Waals surface area contributed by atoms with Gasteiger partial charge in [-0.1, -0.05) is 62.5 Å². The molecule has 0 radical (unpaired) electrons. The average molecular weight is 1420 g/mol. The van der Waals surface area contributed by atoms with Crippen molar-refractivity contribution >= 4 is 86.7 Å². The fraction of sp³-hybridized carbons (Fsp3) is 0.817. The van der Waals surface area contributed by atoms with Crippen molar-refractivity contribution in [3.63, 3.8) is 0 Å². The third kappa shape index (κ3) is 23.1. The molecular formula is C71H125N11O14S2. The number of carbonyl (C=O) groups is 11. The number of urea groups is 1. The standard InChI is InChI=1S/C17H26N4O4.C17H27N3O3S.C17H30N2O4S.C16H26N2O3.4CH4/c1-2-3-7-20-13-6-8-19(10-12(13)4-5-14(20)22)16(24)11-21-15(23)9-18-17(21)25;1-24-10-2-8-20-13-5-9-19(11-12(13)3-4-14(20)21)16(23)17(6-7-17)15(18)22;1-13(2)11-19-15-8-9-18(12-14(15)6-7-17(19)21)16(20)5-4-10-24(3,22)23;1-12(2)10-16(21)17-8-6-14-13(11-17)4-5-15(20)18(14)7-3-9-19;;;;/h12-13H,2-11H2,1H3,(H,18,25);12-13H,2-11H2,1H3,(H2,18,22);13-15H,4-12H2,1-3H3;10,13-14,19H,3-9,11H2,1-2H3;4*1H4/t2*12-,13+;14-,15+;13-,14-;;;;/m1110..../s1. The summed E-state index contributed by atoms with van der Waals surface area (Å²) in [5.74, 6) is 2.89. The Morgan fingerprint density at radius 1 is 0.612 bits per heavy atom. The first-order valence-corrected chi connectivity index (χ1v) is 38.3.